The lowest BCUT2D eigenvalue weighted by molar-refractivity contribution is 1.78. The summed E-state index contributed by atoms with van der Waals surface area (Å²) in [6.07, 6.45) is 0. The first-order chi connectivity index (χ1) is 3.39. The van der Waals surface area contributed by atoms with Crippen molar-refractivity contribution in [2.24, 2.45) is 0 Å². The molecule has 7 heavy (non-hydrogen) atoms. The molecule has 2 radical (unpaired) electrons. The summed E-state index contributed by atoms with van der Waals surface area (Å²) in [6, 6.07) is 9.49. The molecule has 0 bridgehead atoms. The van der Waals surface area contributed by atoms with Gasteiger partial charge in [-0.3, -0.25) is 0 Å². The van der Waals surface area contributed by atoms with Gasteiger partial charge in [-0.2, -0.15) is 0 Å². The van der Waals surface area contributed by atoms with Gasteiger partial charge in [0.2, 0.25) is 0 Å². The Bertz CT molecular complexity index is 138. The number of rotatable bonds is 0. The Hall–Kier alpha value is -0.715. The summed E-state index contributed by atoms with van der Waals surface area (Å²) < 4.78 is 0. The van der Waals surface area contributed by atoms with E-state index < -0.39 is 0 Å². The van der Waals surface area contributed by atoms with Gasteiger partial charge in [0, 0.05) is 0 Å². The molecule has 1 rings (SSSR count). The van der Waals surface area contributed by atoms with Gasteiger partial charge in [-0.25, -0.2) is 0 Å². The van der Waals surface area contributed by atoms with Gasteiger partial charge >= 0.3 is 1.43 Å². The number of benzene rings is 1. The number of hydrogen-bond acceptors (Lipinski definition) is 0. The molecule has 0 N–H and O–H groups in total. The second-order valence-corrected chi connectivity index (χ2v) is 1.41. The van der Waals surface area contributed by atoms with Crippen LogP contribution in [-0.4, -0.2) is 7.85 Å². The zero-order valence-electron chi connectivity index (χ0n) is 4.96. The molecule has 1 aromatic rings. The van der Waals surface area contributed by atoms with Crippen molar-refractivity contribution in [3.8, 4) is 0 Å². The fraction of sp³-hybridized carbons (Fsp3) is 0. The first-order valence-corrected chi connectivity index (χ1v) is 2.20. The molecular weight excluding hydrogens is 82.9 g/mol. The lowest BCUT2D eigenvalue weighted by Gasteiger charge is -1.83. The van der Waals surface area contributed by atoms with Crippen LogP contribution in [0.15, 0.2) is 30.3 Å². The van der Waals surface area contributed by atoms with E-state index in [1.807, 2.05) is 30.3 Å². The summed E-state index contributed by atoms with van der Waals surface area (Å²) >= 11 is 0. The van der Waals surface area contributed by atoms with Crippen LogP contribution in [0.5, 0.6) is 0 Å². The molecular formula is C6H6B+. The summed E-state index contributed by atoms with van der Waals surface area (Å²) in [6.45, 7) is 0. The van der Waals surface area contributed by atoms with Crippen LogP contribution in [0.1, 0.15) is 1.43 Å². The monoisotopic (exact) mass is 89.1 g/mol. The molecule has 0 fully saturated rings. The Labute approximate surface area is 46.1 Å². The topological polar surface area (TPSA) is 0 Å². The average Bonchev–Trinajstić information content (AvgIpc) is 1.69. The van der Waals surface area contributed by atoms with Crippen molar-refractivity contribution in [1.82, 2.24) is 0 Å². The van der Waals surface area contributed by atoms with Crippen LogP contribution in [0.25, 0.3) is 0 Å². The van der Waals surface area contributed by atoms with Crippen LogP contribution < -0.4 is 5.46 Å². The highest BCUT2D eigenvalue weighted by atomic mass is 13.7. The van der Waals surface area contributed by atoms with Crippen molar-refractivity contribution in [3.63, 3.8) is 0 Å². The molecule has 0 saturated heterocycles. The van der Waals surface area contributed by atoms with E-state index in [1.54, 1.807) is 0 Å². The maximum absolute atomic E-state index is 5.36. The molecule has 0 amide bonds. The van der Waals surface area contributed by atoms with Crippen LogP contribution in [0, 0.1) is 0 Å². The van der Waals surface area contributed by atoms with Gasteiger partial charge in [-0.05, 0) is 0 Å². The van der Waals surface area contributed by atoms with Crippen molar-refractivity contribution >= 4 is 13.3 Å². The molecule has 0 spiro atoms. The predicted octanol–water partition coefficient (Wildman–Crippen LogP) is 0.593. The molecule has 0 nitrogen and oxygen atoms in total. The third-order valence-electron chi connectivity index (χ3n) is 0.800. The Morgan fingerprint density at radius 1 is 1.14 bits per heavy atom. The predicted molar refractivity (Wildman–Crippen MR) is 32.9 cm³/mol. The summed E-state index contributed by atoms with van der Waals surface area (Å²) in [4.78, 5) is 0. The first-order valence-electron chi connectivity index (χ1n) is 2.20. The van der Waals surface area contributed by atoms with E-state index in [9.17, 15) is 0 Å². The largest absolute Gasteiger partial charge is 1.00 e. The minimum Gasteiger partial charge on any atom is -0.0967 e. The summed E-state index contributed by atoms with van der Waals surface area (Å²) in [7, 11) is 5.36. The van der Waals surface area contributed by atoms with Crippen molar-refractivity contribution in [3.05, 3.63) is 30.3 Å². The Balaban J connectivity index is 0.000000490. The highest BCUT2D eigenvalue weighted by Gasteiger charge is 1.71. The summed E-state index contributed by atoms with van der Waals surface area (Å²) in [5, 5.41) is 0. The second kappa shape index (κ2) is 1.83. The molecule has 0 aliphatic carbocycles. The van der Waals surface area contributed by atoms with Gasteiger partial charge < -0.3 is 0 Å². The minimum atomic E-state index is 0. The smallest absolute Gasteiger partial charge is 0.0967 e. The average molecular weight is 88.9 g/mol. The van der Waals surface area contributed by atoms with Crippen molar-refractivity contribution < 1.29 is 1.43 Å². The van der Waals surface area contributed by atoms with Gasteiger partial charge in [0.05, 0.1) is 0 Å². The van der Waals surface area contributed by atoms with Crippen LogP contribution in [0.2, 0.25) is 0 Å². The van der Waals surface area contributed by atoms with Gasteiger partial charge in [-0.15, -0.1) is 0 Å². The Morgan fingerprint density at radius 2 is 1.71 bits per heavy atom. The highest BCUT2D eigenvalue weighted by molar-refractivity contribution is 6.32. The van der Waals surface area contributed by atoms with Crippen LogP contribution in [-0.2, 0) is 0 Å². The molecule has 0 aliphatic heterocycles. The van der Waals surface area contributed by atoms with E-state index in [0.717, 1.165) is 5.46 Å². The van der Waals surface area contributed by atoms with Crippen molar-refractivity contribution in [2.75, 3.05) is 0 Å². The first kappa shape index (κ1) is 4.44. The third-order valence-corrected chi connectivity index (χ3v) is 0.800. The maximum atomic E-state index is 5.36. The van der Waals surface area contributed by atoms with E-state index in [0.29, 0.717) is 0 Å². The minimum absolute atomic E-state index is 0. The van der Waals surface area contributed by atoms with Crippen LogP contribution >= 0.6 is 0 Å². The number of hydrogen-bond donors (Lipinski definition) is 0. The lowest BCUT2D eigenvalue weighted by Crippen LogP contribution is -1.97. The lowest BCUT2D eigenvalue weighted by atomic mass is 9.97. The zero-order chi connectivity index (χ0) is 5.11. The van der Waals surface area contributed by atoms with Gasteiger partial charge in [-0.1, -0.05) is 35.8 Å². The van der Waals surface area contributed by atoms with Gasteiger partial charge in [0.25, 0.3) is 0 Å². The summed E-state index contributed by atoms with van der Waals surface area (Å²) in [5.74, 6) is 0. The molecule has 0 unspecified atom stereocenters. The fourth-order valence-corrected chi connectivity index (χ4v) is 0.453. The molecule has 0 atom stereocenters. The van der Waals surface area contributed by atoms with Gasteiger partial charge in [0.1, 0.15) is 7.85 Å². The molecule has 0 heterocycles. The molecule has 1 heteroatoms. The van der Waals surface area contributed by atoms with E-state index in [-0.39, 0.29) is 1.43 Å². The standard InChI is InChI=1S/C6H5B/c7-6-4-2-1-3-5-6/h1-5H/p+1. The van der Waals surface area contributed by atoms with Crippen molar-refractivity contribution in [2.45, 2.75) is 0 Å². The highest BCUT2D eigenvalue weighted by Crippen LogP contribution is 1.76. The Morgan fingerprint density at radius 3 is 2.00 bits per heavy atom. The third kappa shape index (κ3) is 1.07. The molecule has 0 aromatic heterocycles. The van der Waals surface area contributed by atoms with E-state index in [2.05, 4.69) is 0 Å². The fourth-order valence-electron chi connectivity index (χ4n) is 0.453. The normalized spacial score (nSPS) is 8.57. The van der Waals surface area contributed by atoms with E-state index >= 15 is 0 Å². The van der Waals surface area contributed by atoms with Gasteiger partial charge in [0.15, 0.2) is 0 Å². The SMILES string of the molecule is [B]c1ccccc1.[H+]. The van der Waals surface area contributed by atoms with Crippen LogP contribution in [0.3, 0.4) is 0 Å². The summed E-state index contributed by atoms with van der Waals surface area (Å²) in [5.41, 5.74) is 0.822. The zero-order valence-corrected chi connectivity index (χ0v) is 3.96. The van der Waals surface area contributed by atoms with Crippen LogP contribution in [0.4, 0.5) is 0 Å². The quantitative estimate of drug-likeness (QED) is 0.408. The maximum Gasteiger partial charge on any atom is 1.00 e. The van der Waals surface area contributed by atoms with E-state index in [1.165, 1.54) is 0 Å². The molecule has 32 valence electrons. The molecule has 0 aliphatic rings. The molecule has 0 saturated carbocycles. The molecule has 1 aromatic carbocycles. The van der Waals surface area contributed by atoms with E-state index in [4.69, 9.17) is 7.85 Å². The van der Waals surface area contributed by atoms with Crippen molar-refractivity contribution in [1.29, 1.82) is 0 Å². The Kier molecular flexibility index (Phi) is 1.16. The second-order valence-electron chi connectivity index (χ2n) is 1.41.